The Morgan fingerprint density at radius 2 is 1.94 bits per heavy atom. The highest BCUT2D eigenvalue weighted by atomic mass is 15.2. The smallest absolute Gasteiger partial charge is 0.0924 e. The van der Waals surface area contributed by atoms with Crippen LogP contribution in [0.3, 0.4) is 0 Å². The number of nitrogens with zero attached hydrogens (tertiary/aromatic N) is 1. The average Bonchev–Trinajstić information content (AvgIpc) is 2.35. The Hall–Kier alpha value is -1.35. The molecule has 3 N–H and O–H groups in total. The van der Waals surface area contributed by atoms with E-state index in [1.165, 1.54) is 5.56 Å². The number of benzene rings is 1. The zero-order valence-corrected chi connectivity index (χ0v) is 11.0. The molecular formula is C14H23N3. The third-order valence-corrected chi connectivity index (χ3v) is 3.38. The summed E-state index contributed by atoms with van der Waals surface area (Å²) in [5.41, 5.74) is 6.79. The van der Waals surface area contributed by atoms with Crippen molar-refractivity contribution in [3.8, 4) is 0 Å². The van der Waals surface area contributed by atoms with Crippen LogP contribution in [0.5, 0.6) is 0 Å². The van der Waals surface area contributed by atoms with Gasteiger partial charge in [0.1, 0.15) is 0 Å². The van der Waals surface area contributed by atoms with Crippen LogP contribution in [0, 0.1) is 5.41 Å². The van der Waals surface area contributed by atoms with Crippen LogP contribution in [-0.2, 0) is 0 Å². The predicted molar refractivity (Wildman–Crippen MR) is 73.2 cm³/mol. The number of nitrogens with two attached hydrogens (primary N) is 1. The largest absolute Gasteiger partial charge is 0.388 e. The molecule has 2 unspecified atom stereocenters. The summed E-state index contributed by atoms with van der Waals surface area (Å²) in [4.78, 5) is 2.30. The second kappa shape index (κ2) is 6.40. The minimum Gasteiger partial charge on any atom is -0.388 e. The lowest BCUT2D eigenvalue weighted by Gasteiger charge is -2.33. The molecule has 0 saturated heterocycles. The fourth-order valence-corrected chi connectivity index (χ4v) is 1.98. The van der Waals surface area contributed by atoms with Gasteiger partial charge in [0.2, 0.25) is 0 Å². The van der Waals surface area contributed by atoms with Gasteiger partial charge >= 0.3 is 0 Å². The highest BCUT2D eigenvalue weighted by Gasteiger charge is 2.21. The molecular weight excluding hydrogens is 210 g/mol. The summed E-state index contributed by atoms with van der Waals surface area (Å²) in [6.45, 7) is 4.38. The van der Waals surface area contributed by atoms with Gasteiger partial charge in [-0.3, -0.25) is 10.3 Å². The first-order chi connectivity index (χ1) is 8.06. The van der Waals surface area contributed by atoms with E-state index in [0.717, 1.165) is 6.42 Å². The molecule has 0 bridgehead atoms. The molecule has 0 spiro atoms. The van der Waals surface area contributed by atoms with Crippen LogP contribution in [0.2, 0.25) is 0 Å². The lowest BCUT2D eigenvalue weighted by molar-refractivity contribution is 0.184. The van der Waals surface area contributed by atoms with Gasteiger partial charge in [-0.25, -0.2) is 0 Å². The second-order valence-corrected chi connectivity index (χ2v) is 4.58. The standard InChI is InChI=1S/C14H23N3/c1-4-11(2)17(3)13(10-14(15)16)12-8-6-5-7-9-12/h5-9,11,13H,4,10H2,1-3H3,(H3,15,16). The Kier molecular flexibility index (Phi) is 5.16. The topological polar surface area (TPSA) is 53.1 Å². The van der Waals surface area contributed by atoms with Gasteiger partial charge in [-0.05, 0) is 26.0 Å². The molecule has 0 aliphatic heterocycles. The molecule has 3 nitrogen and oxygen atoms in total. The highest BCUT2D eigenvalue weighted by Crippen LogP contribution is 2.25. The molecule has 94 valence electrons. The maximum atomic E-state index is 7.52. The summed E-state index contributed by atoms with van der Waals surface area (Å²) < 4.78 is 0. The number of rotatable bonds is 6. The molecule has 1 rings (SSSR count). The lowest BCUT2D eigenvalue weighted by atomic mass is 10.00. The number of hydrogen-bond donors (Lipinski definition) is 2. The monoisotopic (exact) mass is 233 g/mol. The maximum Gasteiger partial charge on any atom is 0.0924 e. The van der Waals surface area contributed by atoms with Gasteiger partial charge in [-0.1, -0.05) is 37.3 Å². The Bertz CT molecular complexity index is 348. The highest BCUT2D eigenvalue weighted by molar-refractivity contribution is 5.77. The van der Waals surface area contributed by atoms with Gasteiger partial charge < -0.3 is 5.73 Å². The van der Waals surface area contributed by atoms with E-state index in [4.69, 9.17) is 11.1 Å². The van der Waals surface area contributed by atoms with E-state index < -0.39 is 0 Å². The van der Waals surface area contributed by atoms with Crippen LogP contribution < -0.4 is 5.73 Å². The molecule has 0 aromatic heterocycles. The summed E-state index contributed by atoms with van der Waals surface area (Å²) in [5.74, 6) is 0.244. The van der Waals surface area contributed by atoms with Crippen LogP contribution in [0.1, 0.15) is 38.3 Å². The van der Waals surface area contributed by atoms with Crippen molar-refractivity contribution in [2.45, 2.75) is 38.8 Å². The average molecular weight is 233 g/mol. The zero-order valence-electron chi connectivity index (χ0n) is 11.0. The second-order valence-electron chi connectivity index (χ2n) is 4.58. The molecule has 3 heteroatoms. The minimum absolute atomic E-state index is 0.198. The van der Waals surface area contributed by atoms with E-state index in [2.05, 4.69) is 37.9 Å². The maximum absolute atomic E-state index is 7.52. The Balaban J connectivity index is 2.91. The van der Waals surface area contributed by atoms with Crippen molar-refractivity contribution in [2.75, 3.05) is 7.05 Å². The van der Waals surface area contributed by atoms with E-state index >= 15 is 0 Å². The molecule has 1 aromatic rings. The van der Waals surface area contributed by atoms with Crippen molar-refractivity contribution in [1.29, 1.82) is 5.41 Å². The quantitative estimate of drug-likeness (QED) is 0.586. The Morgan fingerprint density at radius 1 is 1.35 bits per heavy atom. The SMILES string of the molecule is CCC(C)N(C)C(CC(=N)N)c1ccccc1. The summed E-state index contributed by atoms with van der Waals surface area (Å²) in [6, 6.07) is 11.0. The fourth-order valence-electron chi connectivity index (χ4n) is 1.98. The number of amidine groups is 1. The molecule has 0 heterocycles. The van der Waals surface area contributed by atoms with Crippen LogP contribution in [0.4, 0.5) is 0 Å². The van der Waals surface area contributed by atoms with Gasteiger partial charge in [-0.15, -0.1) is 0 Å². The Labute approximate surface area is 104 Å². The van der Waals surface area contributed by atoms with E-state index in [9.17, 15) is 0 Å². The van der Waals surface area contributed by atoms with Gasteiger partial charge in [-0.2, -0.15) is 0 Å². The third kappa shape index (κ3) is 3.86. The minimum atomic E-state index is 0.198. The van der Waals surface area contributed by atoms with Crippen molar-refractivity contribution in [2.24, 2.45) is 5.73 Å². The van der Waals surface area contributed by atoms with Crippen molar-refractivity contribution in [3.05, 3.63) is 35.9 Å². The van der Waals surface area contributed by atoms with Gasteiger partial charge in [0.05, 0.1) is 5.84 Å². The van der Waals surface area contributed by atoms with Crippen LogP contribution in [0.15, 0.2) is 30.3 Å². The first-order valence-electron chi connectivity index (χ1n) is 6.16. The molecule has 0 aliphatic rings. The molecule has 17 heavy (non-hydrogen) atoms. The summed E-state index contributed by atoms with van der Waals surface area (Å²) in [5, 5.41) is 7.52. The molecule has 0 saturated carbocycles. The zero-order chi connectivity index (χ0) is 12.8. The number of hydrogen-bond acceptors (Lipinski definition) is 2. The van der Waals surface area contributed by atoms with Gasteiger partial charge in [0, 0.05) is 18.5 Å². The molecule has 0 amide bonds. The van der Waals surface area contributed by atoms with Crippen LogP contribution in [0.25, 0.3) is 0 Å². The predicted octanol–water partition coefficient (Wildman–Crippen LogP) is 2.78. The Morgan fingerprint density at radius 3 is 2.41 bits per heavy atom. The van der Waals surface area contributed by atoms with Crippen molar-refractivity contribution in [1.82, 2.24) is 4.90 Å². The molecule has 2 atom stereocenters. The molecule has 0 aliphatic carbocycles. The van der Waals surface area contributed by atoms with Crippen molar-refractivity contribution in [3.63, 3.8) is 0 Å². The third-order valence-electron chi connectivity index (χ3n) is 3.38. The lowest BCUT2D eigenvalue weighted by Crippen LogP contribution is -2.35. The van der Waals surface area contributed by atoms with E-state index in [1.807, 2.05) is 18.2 Å². The molecule has 1 aromatic carbocycles. The molecule has 0 radical (unpaired) electrons. The fraction of sp³-hybridized carbons (Fsp3) is 0.500. The van der Waals surface area contributed by atoms with Gasteiger partial charge in [0.25, 0.3) is 0 Å². The van der Waals surface area contributed by atoms with Gasteiger partial charge in [0.15, 0.2) is 0 Å². The van der Waals surface area contributed by atoms with Crippen molar-refractivity contribution < 1.29 is 0 Å². The summed E-state index contributed by atoms with van der Waals surface area (Å²) in [6.07, 6.45) is 1.68. The summed E-state index contributed by atoms with van der Waals surface area (Å²) >= 11 is 0. The van der Waals surface area contributed by atoms with Crippen LogP contribution >= 0.6 is 0 Å². The van der Waals surface area contributed by atoms with E-state index in [1.54, 1.807) is 0 Å². The number of nitrogens with one attached hydrogen (secondary N) is 1. The summed E-state index contributed by atoms with van der Waals surface area (Å²) in [7, 11) is 2.11. The normalized spacial score (nSPS) is 14.6. The first-order valence-corrected chi connectivity index (χ1v) is 6.16. The first kappa shape index (κ1) is 13.7. The van der Waals surface area contributed by atoms with E-state index in [-0.39, 0.29) is 11.9 Å². The van der Waals surface area contributed by atoms with Crippen molar-refractivity contribution >= 4 is 5.84 Å². The molecule has 0 fully saturated rings. The van der Waals surface area contributed by atoms with E-state index in [0.29, 0.717) is 12.5 Å². The van der Waals surface area contributed by atoms with Crippen LogP contribution in [-0.4, -0.2) is 23.8 Å².